The molecular weight excluding hydrogens is 264 g/mol. The van der Waals surface area contributed by atoms with Gasteiger partial charge in [-0.3, -0.25) is 4.21 Å². The Morgan fingerprint density at radius 1 is 1.00 bits per heavy atom. The quantitative estimate of drug-likeness (QED) is 0.819. The van der Waals surface area contributed by atoms with Crippen LogP contribution in [0.3, 0.4) is 0 Å². The van der Waals surface area contributed by atoms with Crippen molar-refractivity contribution in [3.05, 3.63) is 71.3 Å². The van der Waals surface area contributed by atoms with Gasteiger partial charge in [0.25, 0.3) is 0 Å². The zero-order valence-electron chi connectivity index (χ0n) is 9.75. The minimum Gasteiger partial charge on any atom is -0.254 e. The first-order valence-corrected chi connectivity index (χ1v) is 7.31. The lowest BCUT2D eigenvalue weighted by molar-refractivity contribution is 0.685. The molecule has 1 unspecified atom stereocenters. The SMILES string of the molecule is O=S(C/C=C/c1ccccc1)c1ccc(Cl)cc1. The van der Waals surface area contributed by atoms with Gasteiger partial charge in [-0.1, -0.05) is 54.1 Å². The van der Waals surface area contributed by atoms with Gasteiger partial charge in [0.1, 0.15) is 0 Å². The van der Waals surface area contributed by atoms with Gasteiger partial charge in [0, 0.05) is 15.7 Å². The van der Waals surface area contributed by atoms with Crippen molar-refractivity contribution in [3.8, 4) is 0 Å². The van der Waals surface area contributed by atoms with E-state index in [-0.39, 0.29) is 0 Å². The number of rotatable bonds is 4. The molecule has 18 heavy (non-hydrogen) atoms. The van der Waals surface area contributed by atoms with Crippen LogP contribution < -0.4 is 0 Å². The van der Waals surface area contributed by atoms with Gasteiger partial charge in [0.15, 0.2) is 0 Å². The Bertz CT molecular complexity index is 546. The number of halogens is 1. The van der Waals surface area contributed by atoms with Crippen molar-refractivity contribution in [1.29, 1.82) is 0 Å². The second kappa shape index (κ2) is 6.53. The average Bonchev–Trinajstić information content (AvgIpc) is 2.40. The molecule has 0 saturated carbocycles. The second-order valence-corrected chi connectivity index (χ2v) is 5.71. The molecule has 0 aliphatic carbocycles. The lowest BCUT2D eigenvalue weighted by Gasteiger charge is -1.99. The predicted octanol–water partition coefficient (Wildman–Crippen LogP) is 4.16. The van der Waals surface area contributed by atoms with Crippen LogP contribution in [0, 0.1) is 0 Å². The lowest BCUT2D eigenvalue weighted by Crippen LogP contribution is -1.94. The van der Waals surface area contributed by atoms with E-state index >= 15 is 0 Å². The summed E-state index contributed by atoms with van der Waals surface area (Å²) < 4.78 is 12.0. The van der Waals surface area contributed by atoms with E-state index in [0.717, 1.165) is 10.5 Å². The van der Waals surface area contributed by atoms with Gasteiger partial charge in [0.2, 0.25) is 0 Å². The first kappa shape index (κ1) is 13.1. The minimum absolute atomic E-state index is 0.510. The highest BCUT2D eigenvalue weighted by Crippen LogP contribution is 2.13. The van der Waals surface area contributed by atoms with Crippen LogP contribution in [0.1, 0.15) is 5.56 Å². The van der Waals surface area contributed by atoms with E-state index in [0.29, 0.717) is 10.8 Å². The van der Waals surface area contributed by atoms with Gasteiger partial charge in [-0.15, -0.1) is 0 Å². The lowest BCUT2D eigenvalue weighted by atomic mass is 10.2. The van der Waals surface area contributed by atoms with Crippen LogP contribution in [-0.2, 0) is 10.8 Å². The Morgan fingerprint density at radius 2 is 1.67 bits per heavy atom. The van der Waals surface area contributed by atoms with Crippen LogP contribution in [0.2, 0.25) is 5.02 Å². The summed E-state index contributed by atoms with van der Waals surface area (Å²) in [5.41, 5.74) is 1.12. The highest BCUT2D eigenvalue weighted by atomic mass is 35.5. The summed E-state index contributed by atoms with van der Waals surface area (Å²) in [6.07, 6.45) is 3.91. The third kappa shape index (κ3) is 3.83. The van der Waals surface area contributed by atoms with E-state index in [9.17, 15) is 4.21 Å². The van der Waals surface area contributed by atoms with E-state index in [4.69, 9.17) is 11.6 Å². The van der Waals surface area contributed by atoms with Gasteiger partial charge in [-0.05, 0) is 29.8 Å². The molecule has 0 bridgehead atoms. The summed E-state index contributed by atoms with van der Waals surface area (Å²) >= 11 is 5.79. The molecule has 0 saturated heterocycles. The third-order valence-electron chi connectivity index (χ3n) is 2.43. The maximum Gasteiger partial charge on any atom is 0.0568 e. The molecule has 1 nitrogen and oxygen atoms in total. The highest BCUT2D eigenvalue weighted by Gasteiger charge is 2.00. The van der Waals surface area contributed by atoms with Crippen LogP contribution in [0.15, 0.2) is 65.6 Å². The minimum atomic E-state index is -1.01. The van der Waals surface area contributed by atoms with Crippen molar-refractivity contribution in [2.75, 3.05) is 5.75 Å². The van der Waals surface area contributed by atoms with Gasteiger partial charge in [-0.25, -0.2) is 0 Å². The summed E-state index contributed by atoms with van der Waals surface area (Å²) in [5.74, 6) is 0.510. The Labute approximate surface area is 115 Å². The topological polar surface area (TPSA) is 17.1 Å². The smallest absolute Gasteiger partial charge is 0.0568 e. The molecule has 3 heteroatoms. The molecule has 0 amide bonds. The Hall–Kier alpha value is -1.38. The van der Waals surface area contributed by atoms with Crippen molar-refractivity contribution in [2.24, 2.45) is 0 Å². The number of hydrogen-bond acceptors (Lipinski definition) is 1. The zero-order chi connectivity index (χ0) is 12.8. The van der Waals surface area contributed by atoms with Crippen molar-refractivity contribution in [1.82, 2.24) is 0 Å². The van der Waals surface area contributed by atoms with Crippen molar-refractivity contribution in [3.63, 3.8) is 0 Å². The predicted molar refractivity (Wildman–Crippen MR) is 78.2 cm³/mol. The van der Waals surface area contributed by atoms with E-state index in [1.165, 1.54) is 0 Å². The number of hydrogen-bond donors (Lipinski definition) is 0. The van der Waals surface area contributed by atoms with Crippen molar-refractivity contribution < 1.29 is 4.21 Å². The molecule has 0 N–H and O–H groups in total. The van der Waals surface area contributed by atoms with E-state index in [2.05, 4.69) is 0 Å². The van der Waals surface area contributed by atoms with Crippen molar-refractivity contribution in [2.45, 2.75) is 4.90 Å². The van der Waals surface area contributed by atoms with Gasteiger partial charge >= 0.3 is 0 Å². The molecule has 0 heterocycles. The molecule has 0 spiro atoms. The Morgan fingerprint density at radius 3 is 2.33 bits per heavy atom. The van der Waals surface area contributed by atoms with Gasteiger partial charge < -0.3 is 0 Å². The first-order valence-electron chi connectivity index (χ1n) is 5.61. The van der Waals surface area contributed by atoms with Crippen LogP contribution >= 0.6 is 11.6 Å². The molecule has 0 aliphatic rings. The van der Waals surface area contributed by atoms with E-state index in [1.807, 2.05) is 42.5 Å². The molecule has 0 fully saturated rings. The average molecular weight is 277 g/mol. The van der Waals surface area contributed by atoms with Gasteiger partial charge in [0.05, 0.1) is 10.8 Å². The second-order valence-electron chi connectivity index (χ2n) is 3.78. The molecule has 1 atom stereocenters. The summed E-state index contributed by atoms with van der Waals surface area (Å²) in [4.78, 5) is 0.803. The monoisotopic (exact) mass is 276 g/mol. The summed E-state index contributed by atoms with van der Waals surface area (Å²) in [6, 6.07) is 17.1. The molecule has 0 aliphatic heterocycles. The largest absolute Gasteiger partial charge is 0.254 e. The van der Waals surface area contributed by atoms with Crippen LogP contribution in [0.25, 0.3) is 6.08 Å². The molecule has 92 valence electrons. The molecule has 2 aromatic rings. The van der Waals surface area contributed by atoms with E-state index in [1.54, 1.807) is 24.3 Å². The highest BCUT2D eigenvalue weighted by molar-refractivity contribution is 7.85. The van der Waals surface area contributed by atoms with Crippen molar-refractivity contribution >= 4 is 28.5 Å². The molecular formula is C15H13ClOS. The summed E-state index contributed by atoms with van der Waals surface area (Å²) in [6.45, 7) is 0. The maximum atomic E-state index is 12.0. The number of benzene rings is 2. The van der Waals surface area contributed by atoms with Gasteiger partial charge in [-0.2, -0.15) is 0 Å². The first-order chi connectivity index (χ1) is 8.75. The molecule has 0 aromatic heterocycles. The summed E-state index contributed by atoms with van der Waals surface area (Å²) in [7, 11) is -1.01. The Kier molecular flexibility index (Phi) is 4.73. The fraction of sp³-hybridized carbons (Fsp3) is 0.0667. The van der Waals surface area contributed by atoms with Crippen LogP contribution in [0.4, 0.5) is 0 Å². The third-order valence-corrected chi connectivity index (χ3v) is 3.98. The summed E-state index contributed by atoms with van der Waals surface area (Å²) in [5, 5.41) is 0.663. The maximum absolute atomic E-state index is 12.0. The molecule has 2 rings (SSSR count). The zero-order valence-corrected chi connectivity index (χ0v) is 11.3. The van der Waals surface area contributed by atoms with Crippen LogP contribution in [-0.4, -0.2) is 9.96 Å². The fourth-order valence-electron chi connectivity index (χ4n) is 1.52. The fourth-order valence-corrected chi connectivity index (χ4v) is 2.55. The molecule has 2 aromatic carbocycles. The standard InChI is InChI=1S/C15H13ClOS/c16-14-8-10-15(11-9-14)18(17)12-4-7-13-5-2-1-3-6-13/h1-11H,12H2/b7-4+. The van der Waals surface area contributed by atoms with E-state index < -0.39 is 10.8 Å². The molecule has 0 radical (unpaired) electrons. The Balaban J connectivity index is 1.96. The van der Waals surface area contributed by atoms with Crippen LogP contribution in [0.5, 0.6) is 0 Å². The normalized spacial score (nSPS) is 12.7.